The lowest BCUT2D eigenvalue weighted by Crippen LogP contribution is -2.28. The van der Waals surface area contributed by atoms with Crippen LogP contribution in [-0.2, 0) is 30.9 Å². The van der Waals surface area contributed by atoms with Gasteiger partial charge in [0, 0.05) is 24.8 Å². The number of amides is 2. The van der Waals surface area contributed by atoms with Gasteiger partial charge in [-0.25, -0.2) is 9.78 Å². The van der Waals surface area contributed by atoms with Crippen LogP contribution in [0, 0.1) is 0 Å². The summed E-state index contributed by atoms with van der Waals surface area (Å²) in [5.74, 6) is 1.13. The van der Waals surface area contributed by atoms with Crippen molar-refractivity contribution < 1.29 is 9.53 Å². The Hall–Kier alpha value is -2.34. The Morgan fingerprint density at radius 1 is 1.36 bits per heavy atom. The smallest absolute Gasteiger partial charge is 0.319 e. The Morgan fingerprint density at radius 3 is 3.04 bits per heavy atom. The van der Waals surface area contributed by atoms with E-state index in [1.807, 2.05) is 44.3 Å². The number of rotatable bonds is 6. The Bertz CT molecular complexity index is 700. The number of aromatic nitrogens is 2. The van der Waals surface area contributed by atoms with E-state index in [9.17, 15) is 4.79 Å². The van der Waals surface area contributed by atoms with Crippen LogP contribution < -0.4 is 10.6 Å². The molecule has 0 radical (unpaired) electrons. The van der Waals surface area contributed by atoms with Crippen LogP contribution in [0.2, 0.25) is 0 Å². The predicted molar refractivity (Wildman–Crippen MR) is 97.4 cm³/mol. The molecule has 0 saturated carbocycles. The summed E-state index contributed by atoms with van der Waals surface area (Å²) in [7, 11) is 0. The van der Waals surface area contributed by atoms with Crippen molar-refractivity contribution in [2.75, 3.05) is 5.32 Å². The maximum Gasteiger partial charge on any atom is 0.319 e. The quantitative estimate of drug-likeness (QED) is 0.845. The second-order valence-electron chi connectivity index (χ2n) is 6.67. The minimum absolute atomic E-state index is 0.181. The van der Waals surface area contributed by atoms with Gasteiger partial charge in [-0.3, -0.25) is 0 Å². The first-order chi connectivity index (χ1) is 12.1. The highest BCUT2D eigenvalue weighted by atomic mass is 16.5. The van der Waals surface area contributed by atoms with Crippen molar-refractivity contribution in [3.63, 3.8) is 0 Å². The van der Waals surface area contributed by atoms with Crippen LogP contribution >= 0.6 is 0 Å². The third-order valence-corrected chi connectivity index (χ3v) is 4.16. The lowest BCUT2D eigenvalue weighted by Gasteiger charge is -2.11. The highest BCUT2D eigenvalue weighted by Gasteiger charge is 2.12. The first-order valence-electron chi connectivity index (χ1n) is 8.90. The van der Waals surface area contributed by atoms with Crippen LogP contribution in [0.3, 0.4) is 0 Å². The van der Waals surface area contributed by atoms with Gasteiger partial charge in [-0.1, -0.05) is 12.1 Å². The zero-order valence-electron chi connectivity index (χ0n) is 14.9. The van der Waals surface area contributed by atoms with Crippen molar-refractivity contribution in [3.8, 4) is 0 Å². The third-order valence-electron chi connectivity index (χ3n) is 4.16. The Balaban J connectivity index is 1.50. The molecule has 0 saturated heterocycles. The van der Waals surface area contributed by atoms with Crippen molar-refractivity contribution in [1.82, 2.24) is 14.9 Å². The van der Waals surface area contributed by atoms with Crippen LogP contribution in [-0.4, -0.2) is 21.7 Å². The van der Waals surface area contributed by atoms with Crippen LogP contribution in [0.5, 0.6) is 0 Å². The van der Waals surface area contributed by atoms with Gasteiger partial charge in [0.05, 0.1) is 24.9 Å². The fourth-order valence-electron chi connectivity index (χ4n) is 2.90. The highest BCUT2D eigenvalue weighted by molar-refractivity contribution is 5.89. The van der Waals surface area contributed by atoms with Gasteiger partial charge in [-0.05, 0) is 44.4 Å². The van der Waals surface area contributed by atoms with E-state index in [0.717, 1.165) is 35.7 Å². The van der Waals surface area contributed by atoms with Crippen molar-refractivity contribution in [3.05, 3.63) is 47.5 Å². The van der Waals surface area contributed by atoms with Crippen LogP contribution in [0.4, 0.5) is 10.5 Å². The molecule has 6 heteroatoms. The number of hydrogen-bond donors (Lipinski definition) is 2. The van der Waals surface area contributed by atoms with Crippen LogP contribution in [0.25, 0.3) is 0 Å². The van der Waals surface area contributed by atoms with Gasteiger partial charge < -0.3 is 19.9 Å². The van der Waals surface area contributed by atoms with E-state index >= 15 is 0 Å². The molecule has 1 aromatic heterocycles. The second kappa shape index (κ2) is 8.16. The first-order valence-corrected chi connectivity index (χ1v) is 8.90. The van der Waals surface area contributed by atoms with Crippen molar-refractivity contribution in [2.24, 2.45) is 0 Å². The average molecular weight is 342 g/mol. The van der Waals surface area contributed by atoms with Gasteiger partial charge in [0.1, 0.15) is 5.82 Å². The van der Waals surface area contributed by atoms with Gasteiger partial charge >= 0.3 is 6.03 Å². The first kappa shape index (κ1) is 17.5. The number of imidazole rings is 1. The topological polar surface area (TPSA) is 68.2 Å². The van der Waals surface area contributed by atoms with Gasteiger partial charge in [-0.2, -0.15) is 0 Å². The molecule has 0 unspecified atom stereocenters. The number of benzene rings is 1. The van der Waals surface area contributed by atoms with E-state index in [2.05, 4.69) is 20.2 Å². The van der Waals surface area contributed by atoms with Crippen LogP contribution in [0.15, 0.2) is 30.5 Å². The summed E-state index contributed by atoms with van der Waals surface area (Å²) in [6.07, 6.45) is 5.64. The molecule has 6 nitrogen and oxygen atoms in total. The molecule has 1 aliphatic rings. The zero-order chi connectivity index (χ0) is 17.6. The summed E-state index contributed by atoms with van der Waals surface area (Å²) >= 11 is 0. The Kier molecular flexibility index (Phi) is 5.71. The lowest BCUT2D eigenvalue weighted by molar-refractivity contribution is 0.0657. The predicted octanol–water partition coefficient (Wildman–Crippen LogP) is 3.47. The molecule has 0 spiro atoms. The third kappa shape index (κ3) is 5.06. The molecule has 25 heavy (non-hydrogen) atoms. The number of carbonyl (C=O) groups excluding carboxylic acids is 1. The zero-order valence-corrected chi connectivity index (χ0v) is 14.9. The molecule has 1 aliphatic heterocycles. The molecule has 3 rings (SSSR count). The minimum Gasteiger partial charge on any atom is -0.374 e. The Morgan fingerprint density at radius 2 is 2.24 bits per heavy atom. The maximum absolute atomic E-state index is 12.1. The van der Waals surface area contributed by atoms with Crippen LogP contribution in [0.1, 0.15) is 43.8 Å². The standard InChI is InChI=1S/C19H26N4O2/c1-14(2)25-13-15-6-5-7-16(10-15)22-19(24)20-11-17-12-23-9-4-3-8-18(23)21-17/h5-7,10,12,14H,3-4,8-9,11,13H2,1-2H3,(H2,20,22,24). The molecule has 0 bridgehead atoms. The number of ether oxygens (including phenoxy) is 1. The van der Waals surface area contributed by atoms with Gasteiger partial charge in [0.25, 0.3) is 0 Å². The fraction of sp³-hybridized carbons (Fsp3) is 0.474. The number of nitrogens with zero attached hydrogens (tertiary/aromatic N) is 2. The summed E-state index contributed by atoms with van der Waals surface area (Å²) < 4.78 is 7.79. The molecular weight excluding hydrogens is 316 g/mol. The SMILES string of the molecule is CC(C)OCc1cccc(NC(=O)NCc2cn3c(n2)CCCC3)c1. The largest absolute Gasteiger partial charge is 0.374 e. The molecule has 1 aromatic carbocycles. The van der Waals surface area contributed by atoms with Gasteiger partial charge in [0.15, 0.2) is 0 Å². The molecule has 2 amide bonds. The second-order valence-corrected chi connectivity index (χ2v) is 6.67. The lowest BCUT2D eigenvalue weighted by atomic mass is 10.2. The number of fused-ring (bicyclic) bond motifs is 1. The number of anilines is 1. The Labute approximate surface area is 148 Å². The molecule has 134 valence electrons. The molecule has 2 heterocycles. The van der Waals surface area contributed by atoms with E-state index in [1.54, 1.807) is 0 Å². The minimum atomic E-state index is -0.229. The summed E-state index contributed by atoms with van der Waals surface area (Å²) in [5.41, 5.74) is 2.70. The van der Waals surface area contributed by atoms with Gasteiger partial charge in [-0.15, -0.1) is 0 Å². The van der Waals surface area contributed by atoms with E-state index in [-0.39, 0.29) is 12.1 Å². The molecule has 2 N–H and O–H groups in total. The van der Waals surface area contributed by atoms with Crippen molar-refractivity contribution in [2.45, 2.75) is 58.9 Å². The van der Waals surface area contributed by atoms with E-state index < -0.39 is 0 Å². The molecule has 0 atom stereocenters. The van der Waals surface area contributed by atoms with Gasteiger partial charge in [0.2, 0.25) is 0 Å². The number of hydrogen-bond acceptors (Lipinski definition) is 3. The average Bonchev–Trinajstić information content (AvgIpc) is 3.01. The fourth-order valence-corrected chi connectivity index (χ4v) is 2.90. The highest BCUT2D eigenvalue weighted by Crippen LogP contribution is 2.15. The summed E-state index contributed by atoms with van der Waals surface area (Å²) in [4.78, 5) is 16.7. The van der Waals surface area contributed by atoms with E-state index in [0.29, 0.717) is 13.2 Å². The van der Waals surface area contributed by atoms with E-state index in [1.165, 1.54) is 12.8 Å². The number of aryl methyl sites for hydroxylation is 2. The summed E-state index contributed by atoms with van der Waals surface area (Å²) in [6, 6.07) is 7.47. The molecular formula is C19H26N4O2. The number of urea groups is 1. The summed E-state index contributed by atoms with van der Waals surface area (Å²) in [5, 5.41) is 5.73. The van der Waals surface area contributed by atoms with E-state index in [4.69, 9.17) is 4.74 Å². The maximum atomic E-state index is 12.1. The van der Waals surface area contributed by atoms with Crippen molar-refractivity contribution in [1.29, 1.82) is 0 Å². The monoisotopic (exact) mass is 342 g/mol. The number of nitrogens with one attached hydrogen (secondary N) is 2. The molecule has 0 aliphatic carbocycles. The normalized spacial score (nSPS) is 13.6. The number of carbonyl (C=O) groups is 1. The van der Waals surface area contributed by atoms with Crippen molar-refractivity contribution >= 4 is 11.7 Å². The molecule has 2 aromatic rings. The molecule has 0 fully saturated rings. The summed E-state index contributed by atoms with van der Waals surface area (Å²) in [6.45, 7) is 6.00.